The standard InChI is InChI=1S/C12H23N3S/c1-10-9-14(2)7-8-15(10)12(16)13-11-5-3-4-6-11/h10-11H,3-9H2,1-2H3,(H,13,16). The SMILES string of the molecule is CC1CN(C)CCN1C(=S)NC1CCCC1. The number of hydrogen-bond donors (Lipinski definition) is 1. The zero-order valence-electron chi connectivity index (χ0n) is 10.4. The Morgan fingerprint density at radius 3 is 2.56 bits per heavy atom. The van der Waals surface area contributed by atoms with Crippen LogP contribution in [0.15, 0.2) is 0 Å². The zero-order valence-corrected chi connectivity index (χ0v) is 11.2. The highest BCUT2D eigenvalue weighted by Crippen LogP contribution is 2.18. The number of rotatable bonds is 1. The van der Waals surface area contributed by atoms with Crippen LogP contribution in [0.3, 0.4) is 0 Å². The van der Waals surface area contributed by atoms with E-state index < -0.39 is 0 Å². The maximum absolute atomic E-state index is 5.52. The second-order valence-electron chi connectivity index (χ2n) is 5.24. The van der Waals surface area contributed by atoms with Gasteiger partial charge in [-0.3, -0.25) is 0 Å². The van der Waals surface area contributed by atoms with Gasteiger partial charge < -0.3 is 15.1 Å². The number of nitrogens with one attached hydrogen (secondary N) is 1. The van der Waals surface area contributed by atoms with Crippen LogP contribution in [0.5, 0.6) is 0 Å². The van der Waals surface area contributed by atoms with Gasteiger partial charge in [0.15, 0.2) is 5.11 Å². The van der Waals surface area contributed by atoms with E-state index in [0.717, 1.165) is 24.7 Å². The van der Waals surface area contributed by atoms with Gasteiger partial charge in [-0.25, -0.2) is 0 Å². The Morgan fingerprint density at radius 1 is 1.25 bits per heavy atom. The summed E-state index contributed by atoms with van der Waals surface area (Å²) in [6.45, 7) is 5.57. The van der Waals surface area contributed by atoms with Crippen molar-refractivity contribution < 1.29 is 0 Å². The van der Waals surface area contributed by atoms with Crippen molar-refractivity contribution in [3.05, 3.63) is 0 Å². The molecule has 0 radical (unpaired) electrons. The fourth-order valence-corrected chi connectivity index (χ4v) is 3.21. The summed E-state index contributed by atoms with van der Waals surface area (Å²) in [6.07, 6.45) is 5.31. The number of piperazine rings is 1. The minimum Gasteiger partial charge on any atom is -0.360 e. The molecule has 1 N–H and O–H groups in total. The highest BCUT2D eigenvalue weighted by Gasteiger charge is 2.25. The van der Waals surface area contributed by atoms with Gasteiger partial charge in [-0.1, -0.05) is 12.8 Å². The van der Waals surface area contributed by atoms with Crippen LogP contribution in [0.1, 0.15) is 32.6 Å². The Labute approximate surface area is 104 Å². The summed E-state index contributed by atoms with van der Waals surface area (Å²) in [6, 6.07) is 1.18. The van der Waals surface area contributed by atoms with Crippen molar-refractivity contribution in [1.82, 2.24) is 15.1 Å². The fourth-order valence-electron chi connectivity index (χ4n) is 2.77. The Bertz CT molecular complexity index is 251. The van der Waals surface area contributed by atoms with Crippen molar-refractivity contribution in [2.75, 3.05) is 26.7 Å². The van der Waals surface area contributed by atoms with Gasteiger partial charge in [0.2, 0.25) is 0 Å². The smallest absolute Gasteiger partial charge is 0.169 e. The first-order valence-corrected chi connectivity index (χ1v) is 6.83. The summed E-state index contributed by atoms with van der Waals surface area (Å²) in [4.78, 5) is 4.73. The van der Waals surface area contributed by atoms with Gasteiger partial charge in [-0.05, 0) is 39.0 Å². The zero-order chi connectivity index (χ0) is 11.5. The Hall–Kier alpha value is -0.350. The second-order valence-corrected chi connectivity index (χ2v) is 5.62. The lowest BCUT2D eigenvalue weighted by molar-refractivity contribution is 0.159. The van der Waals surface area contributed by atoms with E-state index in [4.69, 9.17) is 12.2 Å². The quantitative estimate of drug-likeness (QED) is 0.700. The minimum atomic E-state index is 0.542. The maximum Gasteiger partial charge on any atom is 0.169 e. The van der Waals surface area contributed by atoms with Gasteiger partial charge in [0, 0.05) is 31.7 Å². The summed E-state index contributed by atoms with van der Waals surface area (Å²) in [5, 5.41) is 4.51. The van der Waals surface area contributed by atoms with Gasteiger partial charge in [0.25, 0.3) is 0 Å². The van der Waals surface area contributed by atoms with Crippen molar-refractivity contribution >= 4 is 17.3 Å². The monoisotopic (exact) mass is 241 g/mol. The number of hydrogen-bond acceptors (Lipinski definition) is 2. The van der Waals surface area contributed by atoms with Crippen LogP contribution >= 0.6 is 12.2 Å². The second kappa shape index (κ2) is 5.32. The van der Waals surface area contributed by atoms with Gasteiger partial charge in [-0.15, -0.1) is 0 Å². The normalized spacial score (nSPS) is 28.4. The lowest BCUT2D eigenvalue weighted by Crippen LogP contribution is -2.56. The molecule has 16 heavy (non-hydrogen) atoms. The molecule has 1 aliphatic heterocycles. The fraction of sp³-hybridized carbons (Fsp3) is 0.917. The largest absolute Gasteiger partial charge is 0.360 e. The summed E-state index contributed by atoms with van der Waals surface area (Å²) >= 11 is 5.52. The molecule has 92 valence electrons. The summed E-state index contributed by atoms with van der Waals surface area (Å²) < 4.78 is 0. The summed E-state index contributed by atoms with van der Waals surface area (Å²) in [5.41, 5.74) is 0. The Kier molecular flexibility index (Phi) is 4.03. The molecule has 1 atom stereocenters. The average molecular weight is 241 g/mol. The summed E-state index contributed by atoms with van der Waals surface area (Å²) in [7, 11) is 2.18. The van der Waals surface area contributed by atoms with Gasteiger partial charge in [-0.2, -0.15) is 0 Å². The molecule has 0 amide bonds. The van der Waals surface area contributed by atoms with Crippen molar-refractivity contribution in [3.8, 4) is 0 Å². The lowest BCUT2D eigenvalue weighted by Gasteiger charge is -2.40. The molecule has 4 heteroatoms. The van der Waals surface area contributed by atoms with Crippen LogP contribution in [0, 0.1) is 0 Å². The molecule has 2 aliphatic rings. The predicted molar refractivity (Wildman–Crippen MR) is 71.7 cm³/mol. The third-order valence-electron chi connectivity index (χ3n) is 3.77. The van der Waals surface area contributed by atoms with E-state index in [9.17, 15) is 0 Å². The van der Waals surface area contributed by atoms with E-state index in [0.29, 0.717) is 12.1 Å². The molecule has 2 rings (SSSR count). The van der Waals surface area contributed by atoms with Crippen molar-refractivity contribution in [2.45, 2.75) is 44.7 Å². The molecule has 1 unspecified atom stereocenters. The lowest BCUT2D eigenvalue weighted by atomic mass is 10.2. The van der Waals surface area contributed by atoms with Crippen LogP contribution < -0.4 is 5.32 Å². The van der Waals surface area contributed by atoms with Crippen LogP contribution in [-0.2, 0) is 0 Å². The molecule has 0 bridgehead atoms. The molecule has 2 fully saturated rings. The first kappa shape index (κ1) is 12.1. The van der Waals surface area contributed by atoms with Gasteiger partial charge >= 0.3 is 0 Å². The predicted octanol–water partition coefficient (Wildman–Crippen LogP) is 1.44. The first-order chi connectivity index (χ1) is 7.66. The molecule has 0 aromatic heterocycles. The van der Waals surface area contributed by atoms with Crippen LogP contribution in [0.4, 0.5) is 0 Å². The molecule has 0 aromatic rings. The molecular weight excluding hydrogens is 218 g/mol. The number of nitrogens with zero attached hydrogens (tertiary/aromatic N) is 2. The van der Waals surface area contributed by atoms with E-state index in [1.54, 1.807) is 0 Å². The van der Waals surface area contributed by atoms with Gasteiger partial charge in [0.1, 0.15) is 0 Å². The van der Waals surface area contributed by atoms with Crippen molar-refractivity contribution in [2.24, 2.45) is 0 Å². The van der Waals surface area contributed by atoms with E-state index >= 15 is 0 Å². The average Bonchev–Trinajstić information content (AvgIpc) is 2.70. The molecule has 1 saturated carbocycles. The third-order valence-corrected chi connectivity index (χ3v) is 4.13. The van der Waals surface area contributed by atoms with E-state index in [1.165, 1.54) is 25.7 Å². The Balaban J connectivity index is 1.83. The van der Waals surface area contributed by atoms with E-state index in [1.807, 2.05) is 0 Å². The highest BCUT2D eigenvalue weighted by molar-refractivity contribution is 7.80. The molecule has 1 saturated heterocycles. The first-order valence-electron chi connectivity index (χ1n) is 6.42. The number of thiocarbonyl (C=S) groups is 1. The van der Waals surface area contributed by atoms with Crippen LogP contribution in [0.2, 0.25) is 0 Å². The number of likely N-dealkylation sites (N-methyl/N-ethyl adjacent to an activating group) is 1. The molecule has 0 spiro atoms. The maximum atomic E-state index is 5.52. The van der Waals surface area contributed by atoms with E-state index in [-0.39, 0.29) is 0 Å². The Morgan fingerprint density at radius 2 is 1.94 bits per heavy atom. The minimum absolute atomic E-state index is 0.542. The summed E-state index contributed by atoms with van der Waals surface area (Å²) in [5.74, 6) is 0. The molecule has 1 heterocycles. The van der Waals surface area contributed by atoms with Crippen molar-refractivity contribution in [3.63, 3.8) is 0 Å². The molecule has 1 aliphatic carbocycles. The van der Waals surface area contributed by atoms with Crippen LogP contribution in [0.25, 0.3) is 0 Å². The van der Waals surface area contributed by atoms with Gasteiger partial charge in [0.05, 0.1) is 0 Å². The highest BCUT2D eigenvalue weighted by atomic mass is 32.1. The molecule has 0 aromatic carbocycles. The third kappa shape index (κ3) is 2.86. The van der Waals surface area contributed by atoms with Crippen molar-refractivity contribution in [1.29, 1.82) is 0 Å². The van der Waals surface area contributed by atoms with E-state index in [2.05, 4.69) is 29.1 Å². The van der Waals surface area contributed by atoms with Crippen LogP contribution in [-0.4, -0.2) is 53.7 Å². The molecular formula is C12H23N3S. The topological polar surface area (TPSA) is 18.5 Å². The molecule has 3 nitrogen and oxygen atoms in total.